The molecule has 1 aromatic carbocycles. The number of hydrogen-bond donors (Lipinski definition) is 1. The Kier molecular flexibility index (Phi) is 6.52. The summed E-state index contributed by atoms with van der Waals surface area (Å²) in [5.41, 5.74) is 0.994. The van der Waals surface area contributed by atoms with Gasteiger partial charge in [0.15, 0.2) is 6.61 Å². The molecule has 0 aliphatic heterocycles. The summed E-state index contributed by atoms with van der Waals surface area (Å²) in [4.78, 5) is 27.1. The fourth-order valence-electron chi connectivity index (χ4n) is 1.85. The van der Waals surface area contributed by atoms with Gasteiger partial charge in [-0.15, -0.1) is 0 Å². The summed E-state index contributed by atoms with van der Waals surface area (Å²) < 4.78 is 17.6. The molecule has 0 spiro atoms. The van der Waals surface area contributed by atoms with E-state index in [0.29, 0.717) is 13.0 Å². The molecule has 0 unspecified atom stereocenters. The lowest BCUT2D eigenvalue weighted by Gasteiger charge is -2.07. The zero-order chi connectivity index (χ0) is 17.5. The number of esters is 1. The zero-order valence-electron chi connectivity index (χ0n) is 12.4. The fraction of sp³-hybridized carbons (Fsp3) is 0.188. The van der Waals surface area contributed by atoms with Crippen molar-refractivity contribution in [3.05, 3.63) is 63.6 Å². The van der Waals surface area contributed by atoms with Crippen molar-refractivity contribution in [2.24, 2.45) is 0 Å². The zero-order valence-corrected chi connectivity index (χ0v) is 13.9. The van der Waals surface area contributed by atoms with E-state index in [1.54, 1.807) is 12.1 Å². The van der Waals surface area contributed by atoms with E-state index in [1.807, 2.05) is 0 Å². The average Bonchev–Trinajstić information content (AvgIpc) is 2.53. The first kappa shape index (κ1) is 18.2. The van der Waals surface area contributed by atoms with Crippen LogP contribution in [0.15, 0.2) is 36.4 Å². The minimum Gasteiger partial charge on any atom is -0.452 e. The highest BCUT2D eigenvalue weighted by Crippen LogP contribution is 2.15. The number of carbonyl (C=O) groups excluding carboxylic acids is 2. The van der Waals surface area contributed by atoms with E-state index in [-0.39, 0.29) is 21.7 Å². The van der Waals surface area contributed by atoms with Crippen molar-refractivity contribution in [1.29, 1.82) is 0 Å². The Morgan fingerprint density at radius 1 is 1.12 bits per heavy atom. The molecule has 0 bridgehead atoms. The fourth-order valence-corrected chi connectivity index (χ4v) is 2.31. The third-order valence-corrected chi connectivity index (χ3v) is 3.37. The number of benzene rings is 1. The van der Waals surface area contributed by atoms with E-state index in [0.717, 1.165) is 5.56 Å². The molecule has 0 radical (unpaired) electrons. The highest BCUT2D eigenvalue weighted by atomic mass is 35.5. The molecule has 0 aliphatic rings. The predicted octanol–water partition coefficient (Wildman–Crippen LogP) is 3.04. The quantitative estimate of drug-likeness (QED) is 0.626. The third kappa shape index (κ3) is 5.79. The molecule has 2 aromatic rings. The molecule has 2 rings (SSSR count). The highest BCUT2D eigenvalue weighted by Gasteiger charge is 2.12. The van der Waals surface area contributed by atoms with Crippen LogP contribution in [0.1, 0.15) is 15.9 Å². The van der Waals surface area contributed by atoms with Crippen LogP contribution < -0.4 is 5.32 Å². The second-order valence-corrected chi connectivity index (χ2v) is 5.58. The molecule has 126 valence electrons. The molecular formula is C16H13Cl2FN2O3. The highest BCUT2D eigenvalue weighted by molar-refractivity contribution is 6.32. The molecule has 0 fully saturated rings. The van der Waals surface area contributed by atoms with Gasteiger partial charge in [-0.25, -0.2) is 14.2 Å². The molecule has 0 saturated heterocycles. The molecule has 0 atom stereocenters. The largest absolute Gasteiger partial charge is 0.452 e. The van der Waals surface area contributed by atoms with Crippen molar-refractivity contribution in [1.82, 2.24) is 10.3 Å². The van der Waals surface area contributed by atoms with Gasteiger partial charge in [0.1, 0.15) is 16.1 Å². The van der Waals surface area contributed by atoms with Crippen LogP contribution in [0.3, 0.4) is 0 Å². The van der Waals surface area contributed by atoms with Gasteiger partial charge in [-0.2, -0.15) is 0 Å². The maximum atomic E-state index is 12.8. The van der Waals surface area contributed by atoms with Crippen molar-refractivity contribution in [2.75, 3.05) is 13.2 Å². The van der Waals surface area contributed by atoms with Crippen molar-refractivity contribution in [3.8, 4) is 0 Å². The van der Waals surface area contributed by atoms with Gasteiger partial charge in [-0.3, -0.25) is 4.79 Å². The summed E-state index contributed by atoms with van der Waals surface area (Å²) in [6.45, 7) is -0.0886. The topological polar surface area (TPSA) is 68.3 Å². The first-order valence-electron chi connectivity index (χ1n) is 6.95. The van der Waals surface area contributed by atoms with Crippen molar-refractivity contribution in [3.63, 3.8) is 0 Å². The maximum absolute atomic E-state index is 12.8. The lowest BCUT2D eigenvalue weighted by Crippen LogP contribution is -2.30. The number of aromatic nitrogens is 1. The van der Waals surface area contributed by atoms with Crippen molar-refractivity contribution in [2.45, 2.75) is 6.42 Å². The van der Waals surface area contributed by atoms with Crippen molar-refractivity contribution >= 4 is 35.1 Å². The Balaban J connectivity index is 1.74. The maximum Gasteiger partial charge on any atom is 0.338 e. The molecular weight excluding hydrogens is 358 g/mol. The molecule has 5 nitrogen and oxygen atoms in total. The van der Waals surface area contributed by atoms with Crippen LogP contribution in [-0.4, -0.2) is 30.0 Å². The van der Waals surface area contributed by atoms with Gasteiger partial charge in [0.25, 0.3) is 5.91 Å². The lowest BCUT2D eigenvalue weighted by molar-refractivity contribution is -0.124. The molecule has 1 aromatic heterocycles. The molecule has 1 amide bonds. The van der Waals surface area contributed by atoms with E-state index in [9.17, 15) is 14.0 Å². The second-order valence-electron chi connectivity index (χ2n) is 4.80. The number of halogens is 3. The Labute approximate surface area is 147 Å². The Morgan fingerprint density at radius 2 is 1.75 bits per heavy atom. The molecule has 0 saturated carbocycles. The number of nitrogens with zero attached hydrogens (tertiary/aromatic N) is 1. The number of ether oxygens (including phenoxy) is 1. The number of pyridine rings is 1. The summed E-state index contributed by atoms with van der Waals surface area (Å²) >= 11 is 11.4. The number of amides is 1. The van der Waals surface area contributed by atoms with Crippen LogP contribution in [0.4, 0.5) is 4.39 Å². The van der Waals surface area contributed by atoms with E-state index in [4.69, 9.17) is 27.9 Å². The summed E-state index contributed by atoms with van der Waals surface area (Å²) in [6, 6.07) is 8.56. The van der Waals surface area contributed by atoms with Gasteiger partial charge < -0.3 is 10.1 Å². The van der Waals surface area contributed by atoms with Crippen LogP contribution in [-0.2, 0) is 16.0 Å². The smallest absolute Gasteiger partial charge is 0.338 e. The molecule has 1 heterocycles. The van der Waals surface area contributed by atoms with Gasteiger partial charge in [-0.1, -0.05) is 35.3 Å². The Morgan fingerprint density at radius 3 is 2.38 bits per heavy atom. The summed E-state index contributed by atoms with van der Waals surface area (Å²) in [7, 11) is 0. The van der Waals surface area contributed by atoms with E-state index in [1.165, 1.54) is 24.3 Å². The first-order chi connectivity index (χ1) is 11.4. The standard InChI is InChI=1S/C16H13Cl2FN2O3/c17-13-7-11(8-14(18)21-13)16(23)24-9-15(22)20-6-5-10-1-3-12(19)4-2-10/h1-4,7-8H,5-6,9H2,(H,20,22). The summed E-state index contributed by atoms with van der Waals surface area (Å²) in [5, 5.41) is 2.71. The monoisotopic (exact) mass is 370 g/mol. The van der Waals surface area contributed by atoms with Gasteiger partial charge in [0.05, 0.1) is 5.56 Å². The summed E-state index contributed by atoms with van der Waals surface area (Å²) in [5.74, 6) is -1.49. The van der Waals surface area contributed by atoms with E-state index < -0.39 is 18.5 Å². The number of rotatable bonds is 6. The molecule has 8 heteroatoms. The molecule has 0 aliphatic carbocycles. The minimum absolute atomic E-state index is 0.0539. The average molecular weight is 371 g/mol. The first-order valence-corrected chi connectivity index (χ1v) is 7.71. The number of hydrogen-bond acceptors (Lipinski definition) is 4. The third-order valence-electron chi connectivity index (χ3n) is 2.98. The SMILES string of the molecule is O=C(COC(=O)c1cc(Cl)nc(Cl)c1)NCCc1ccc(F)cc1. The van der Waals surface area contributed by atoms with Crippen molar-refractivity contribution < 1.29 is 18.7 Å². The lowest BCUT2D eigenvalue weighted by atomic mass is 10.1. The second kappa shape index (κ2) is 8.61. The van der Waals surface area contributed by atoms with Gasteiger partial charge in [0, 0.05) is 6.54 Å². The Hall–Kier alpha value is -2.18. The minimum atomic E-state index is -0.727. The van der Waals surface area contributed by atoms with Gasteiger partial charge in [-0.05, 0) is 36.2 Å². The van der Waals surface area contributed by atoms with Gasteiger partial charge in [0.2, 0.25) is 0 Å². The van der Waals surface area contributed by atoms with Gasteiger partial charge >= 0.3 is 5.97 Å². The normalized spacial score (nSPS) is 10.3. The summed E-state index contributed by atoms with van der Waals surface area (Å²) in [6.07, 6.45) is 0.537. The number of carbonyl (C=O) groups is 2. The van der Waals surface area contributed by atoms with Crippen LogP contribution in [0.25, 0.3) is 0 Å². The molecule has 1 N–H and O–H groups in total. The Bertz CT molecular complexity index is 718. The van der Waals surface area contributed by atoms with E-state index in [2.05, 4.69) is 10.3 Å². The predicted molar refractivity (Wildman–Crippen MR) is 87.7 cm³/mol. The van der Waals surface area contributed by atoms with E-state index >= 15 is 0 Å². The van der Waals surface area contributed by atoms with Crippen LogP contribution in [0, 0.1) is 5.82 Å². The number of nitrogens with one attached hydrogen (secondary N) is 1. The van der Waals surface area contributed by atoms with Crippen LogP contribution >= 0.6 is 23.2 Å². The van der Waals surface area contributed by atoms with Crippen LogP contribution in [0.5, 0.6) is 0 Å². The van der Waals surface area contributed by atoms with Crippen LogP contribution in [0.2, 0.25) is 10.3 Å². The molecule has 24 heavy (non-hydrogen) atoms.